The van der Waals surface area contributed by atoms with E-state index in [0.29, 0.717) is 12.3 Å². The standard InChI is InChI=1S/C10H16N2O2/c1-7-4-10(13)12(5-9(7)11)8(2)6-14-3/h4-5,8H,6,11H2,1-3H3. The van der Waals surface area contributed by atoms with E-state index in [1.54, 1.807) is 23.9 Å². The van der Waals surface area contributed by atoms with Gasteiger partial charge in [0.2, 0.25) is 0 Å². The van der Waals surface area contributed by atoms with Gasteiger partial charge in [-0.05, 0) is 19.4 Å². The van der Waals surface area contributed by atoms with Crippen molar-refractivity contribution in [3.63, 3.8) is 0 Å². The quantitative estimate of drug-likeness (QED) is 0.783. The number of ether oxygens (including phenoxy) is 1. The minimum absolute atomic E-state index is 0.00963. The second kappa shape index (κ2) is 4.28. The Labute approximate surface area is 83.3 Å². The molecular formula is C10H16N2O2. The van der Waals surface area contributed by atoms with E-state index in [4.69, 9.17) is 10.5 Å². The van der Waals surface area contributed by atoms with Gasteiger partial charge in [-0.1, -0.05) is 0 Å². The number of anilines is 1. The van der Waals surface area contributed by atoms with Crippen molar-refractivity contribution in [3.05, 3.63) is 28.2 Å². The van der Waals surface area contributed by atoms with Gasteiger partial charge in [-0.25, -0.2) is 0 Å². The third kappa shape index (κ3) is 2.14. The number of rotatable bonds is 3. The van der Waals surface area contributed by atoms with E-state index in [9.17, 15) is 4.79 Å². The molecule has 78 valence electrons. The zero-order chi connectivity index (χ0) is 10.7. The maximum atomic E-state index is 11.6. The number of pyridine rings is 1. The predicted octanol–water partition coefficient (Wildman–Crippen LogP) is 0.946. The lowest BCUT2D eigenvalue weighted by atomic mass is 10.2. The minimum Gasteiger partial charge on any atom is -0.397 e. The van der Waals surface area contributed by atoms with Crippen LogP contribution < -0.4 is 11.3 Å². The van der Waals surface area contributed by atoms with Crippen LogP contribution in [0.1, 0.15) is 18.5 Å². The molecule has 4 nitrogen and oxygen atoms in total. The first-order valence-electron chi connectivity index (χ1n) is 4.53. The summed E-state index contributed by atoms with van der Waals surface area (Å²) in [4.78, 5) is 11.6. The number of hydrogen-bond acceptors (Lipinski definition) is 3. The average molecular weight is 196 g/mol. The molecule has 1 heterocycles. The molecule has 4 heteroatoms. The Balaban J connectivity index is 3.09. The van der Waals surface area contributed by atoms with E-state index in [-0.39, 0.29) is 11.6 Å². The zero-order valence-corrected chi connectivity index (χ0v) is 8.78. The molecule has 0 saturated heterocycles. The Bertz CT molecular complexity index is 371. The summed E-state index contributed by atoms with van der Waals surface area (Å²) in [5.74, 6) is 0. The van der Waals surface area contributed by atoms with Crippen molar-refractivity contribution in [1.29, 1.82) is 0 Å². The predicted molar refractivity (Wildman–Crippen MR) is 56.4 cm³/mol. The summed E-state index contributed by atoms with van der Waals surface area (Å²) < 4.78 is 6.57. The van der Waals surface area contributed by atoms with E-state index >= 15 is 0 Å². The lowest BCUT2D eigenvalue weighted by molar-refractivity contribution is 0.161. The number of nitrogens with two attached hydrogens (primary N) is 1. The molecule has 0 fully saturated rings. The van der Waals surface area contributed by atoms with Crippen LogP contribution >= 0.6 is 0 Å². The SMILES string of the molecule is COCC(C)n1cc(N)c(C)cc1=O. The highest BCUT2D eigenvalue weighted by molar-refractivity contribution is 5.43. The summed E-state index contributed by atoms with van der Waals surface area (Å²) >= 11 is 0. The van der Waals surface area contributed by atoms with E-state index in [1.165, 1.54) is 0 Å². The highest BCUT2D eigenvalue weighted by atomic mass is 16.5. The second-order valence-electron chi connectivity index (χ2n) is 3.46. The molecule has 0 aliphatic rings. The summed E-state index contributed by atoms with van der Waals surface area (Å²) in [5.41, 5.74) is 7.13. The molecule has 0 aliphatic heterocycles. The lowest BCUT2D eigenvalue weighted by Crippen LogP contribution is -2.25. The number of aryl methyl sites for hydroxylation is 1. The van der Waals surface area contributed by atoms with Gasteiger partial charge in [0.1, 0.15) is 0 Å². The molecule has 0 radical (unpaired) electrons. The summed E-state index contributed by atoms with van der Waals surface area (Å²) in [6.07, 6.45) is 1.67. The van der Waals surface area contributed by atoms with Crippen molar-refractivity contribution in [2.45, 2.75) is 19.9 Å². The third-order valence-electron chi connectivity index (χ3n) is 2.21. The van der Waals surface area contributed by atoms with E-state index in [1.807, 2.05) is 13.8 Å². The van der Waals surface area contributed by atoms with Crippen molar-refractivity contribution >= 4 is 5.69 Å². The minimum atomic E-state index is -0.0405. The van der Waals surface area contributed by atoms with Gasteiger partial charge in [0, 0.05) is 19.4 Å². The fraction of sp³-hybridized carbons (Fsp3) is 0.500. The van der Waals surface area contributed by atoms with Gasteiger partial charge in [0.15, 0.2) is 0 Å². The smallest absolute Gasteiger partial charge is 0.251 e. The van der Waals surface area contributed by atoms with E-state index < -0.39 is 0 Å². The largest absolute Gasteiger partial charge is 0.397 e. The number of methoxy groups -OCH3 is 1. The molecule has 1 rings (SSSR count). The fourth-order valence-electron chi connectivity index (χ4n) is 1.32. The van der Waals surface area contributed by atoms with Gasteiger partial charge in [-0.15, -0.1) is 0 Å². The molecule has 0 saturated carbocycles. The molecule has 1 atom stereocenters. The van der Waals surface area contributed by atoms with Crippen LogP contribution in [-0.4, -0.2) is 18.3 Å². The van der Waals surface area contributed by atoms with Crippen LogP contribution in [0.3, 0.4) is 0 Å². The first kappa shape index (κ1) is 10.8. The topological polar surface area (TPSA) is 57.2 Å². The van der Waals surface area contributed by atoms with Crippen LogP contribution in [-0.2, 0) is 4.74 Å². The molecule has 1 unspecified atom stereocenters. The molecule has 1 aromatic rings. The molecule has 0 aliphatic carbocycles. The van der Waals surface area contributed by atoms with Crippen LogP contribution in [0, 0.1) is 6.92 Å². The van der Waals surface area contributed by atoms with Crippen molar-refractivity contribution in [2.75, 3.05) is 19.5 Å². The van der Waals surface area contributed by atoms with Crippen molar-refractivity contribution in [1.82, 2.24) is 4.57 Å². The first-order chi connectivity index (χ1) is 6.56. The molecule has 0 aromatic carbocycles. The molecule has 2 N–H and O–H groups in total. The normalized spacial score (nSPS) is 12.8. The van der Waals surface area contributed by atoms with Crippen LogP contribution in [0.5, 0.6) is 0 Å². The van der Waals surface area contributed by atoms with Gasteiger partial charge in [0.25, 0.3) is 5.56 Å². The van der Waals surface area contributed by atoms with Crippen LogP contribution in [0.25, 0.3) is 0 Å². The van der Waals surface area contributed by atoms with Crippen molar-refractivity contribution in [3.8, 4) is 0 Å². The maximum Gasteiger partial charge on any atom is 0.251 e. The Hall–Kier alpha value is -1.29. The van der Waals surface area contributed by atoms with Gasteiger partial charge in [-0.3, -0.25) is 4.79 Å². The number of hydrogen-bond donors (Lipinski definition) is 1. The lowest BCUT2D eigenvalue weighted by Gasteiger charge is -2.15. The first-order valence-corrected chi connectivity index (χ1v) is 4.53. The summed E-state index contributed by atoms with van der Waals surface area (Å²) in [6.45, 7) is 4.24. The van der Waals surface area contributed by atoms with Crippen molar-refractivity contribution in [2.24, 2.45) is 0 Å². The highest BCUT2D eigenvalue weighted by Gasteiger charge is 2.07. The molecule has 1 aromatic heterocycles. The van der Waals surface area contributed by atoms with Gasteiger partial charge in [0.05, 0.1) is 18.3 Å². The molecular weight excluding hydrogens is 180 g/mol. The Morgan fingerprint density at radius 3 is 2.86 bits per heavy atom. The van der Waals surface area contributed by atoms with Gasteiger partial charge < -0.3 is 15.0 Å². The summed E-state index contributed by atoms with van der Waals surface area (Å²) in [5, 5.41) is 0. The van der Waals surface area contributed by atoms with Gasteiger partial charge >= 0.3 is 0 Å². The third-order valence-corrected chi connectivity index (χ3v) is 2.21. The monoisotopic (exact) mass is 196 g/mol. The summed E-state index contributed by atoms with van der Waals surface area (Å²) in [7, 11) is 1.61. The molecule has 0 bridgehead atoms. The second-order valence-corrected chi connectivity index (χ2v) is 3.46. The maximum absolute atomic E-state index is 11.6. The Morgan fingerprint density at radius 1 is 1.64 bits per heavy atom. The van der Waals surface area contributed by atoms with Crippen LogP contribution in [0.15, 0.2) is 17.1 Å². The highest BCUT2D eigenvalue weighted by Crippen LogP contribution is 2.09. The zero-order valence-electron chi connectivity index (χ0n) is 8.78. The molecule has 0 amide bonds. The molecule has 0 spiro atoms. The number of nitrogens with zero attached hydrogens (tertiary/aromatic N) is 1. The number of aromatic nitrogens is 1. The average Bonchev–Trinajstić information content (AvgIpc) is 2.11. The Kier molecular flexibility index (Phi) is 3.30. The van der Waals surface area contributed by atoms with Crippen LogP contribution in [0.2, 0.25) is 0 Å². The van der Waals surface area contributed by atoms with E-state index in [0.717, 1.165) is 5.56 Å². The fourth-order valence-corrected chi connectivity index (χ4v) is 1.32. The molecule has 14 heavy (non-hydrogen) atoms. The summed E-state index contributed by atoms with van der Waals surface area (Å²) in [6, 6.07) is 1.55. The van der Waals surface area contributed by atoms with Gasteiger partial charge in [-0.2, -0.15) is 0 Å². The van der Waals surface area contributed by atoms with E-state index in [2.05, 4.69) is 0 Å². The van der Waals surface area contributed by atoms with Crippen LogP contribution in [0.4, 0.5) is 5.69 Å². The van der Waals surface area contributed by atoms with Crippen molar-refractivity contribution < 1.29 is 4.74 Å². The Morgan fingerprint density at radius 2 is 2.29 bits per heavy atom. The number of nitrogen functional groups attached to an aromatic ring is 1.